The van der Waals surface area contributed by atoms with E-state index in [1.165, 1.54) is 20.7 Å². The molecule has 1 aliphatic rings. The van der Waals surface area contributed by atoms with Crippen LogP contribution < -0.4 is 5.32 Å². The number of fused-ring (bicyclic) bond motifs is 2. The first-order valence-electron chi connectivity index (χ1n) is 7.40. The van der Waals surface area contributed by atoms with Crippen LogP contribution >= 0.6 is 22.7 Å². The predicted molar refractivity (Wildman–Crippen MR) is 95.2 cm³/mol. The monoisotopic (exact) mass is 339 g/mol. The van der Waals surface area contributed by atoms with Crippen molar-refractivity contribution in [3.8, 4) is 21.3 Å². The SMILES string of the molecule is Cc1csc(-c2nc3n(c2-c2cc4cnccc4s2)CCN3)n1. The first-order valence-corrected chi connectivity index (χ1v) is 9.10. The molecule has 0 spiro atoms. The number of rotatable bonds is 2. The minimum atomic E-state index is 0.930. The van der Waals surface area contributed by atoms with E-state index in [2.05, 4.69) is 37.4 Å². The Bertz CT molecular complexity index is 993. The van der Waals surface area contributed by atoms with Gasteiger partial charge in [0.1, 0.15) is 10.7 Å². The topological polar surface area (TPSA) is 55.6 Å². The zero-order valence-electron chi connectivity index (χ0n) is 12.4. The lowest BCUT2D eigenvalue weighted by atomic mass is 10.2. The van der Waals surface area contributed by atoms with Crippen LogP contribution in [-0.2, 0) is 6.54 Å². The van der Waals surface area contributed by atoms with Crippen molar-refractivity contribution >= 4 is 38.7 Å². The first-order chi connectivity index (χ1) is 11.3. The number of pyridine rings is 1. The summed E-state index contributed by atoms with van der Waals surface area (Å²) in [6, 6.07) is 4.27. The standard InChI is InChI=1S/C16H13N5S2/c1-9-8-22-15(19-9)13-14(21-5-4-18-16(21)20-13)12-6-10-7-17-3-2-11(10)23-12/h2-3,6-8H,4-5H2,1H3,(H,18,20). The summed E-state index contributed by atoms with van der Waals surface area (Å²) < 4.78 is 3.52. The molecule has 5 nitrogen and oxygen atoms in total. The lowest BCUT2D eigenvalue weighted by molar-refractivity contribution is 0.819. The lowest BCUT2D eigenvalue weighted by Crippen LogP contribution is -1.97. The summed E-state index contributed by atoms with van der Waals surface area (Å²) >= 11 is 3.44. The molecule has 0 bridgehead atoms. The molecule has 0 radical (unpaired) electrons. The van der Waals surface area contributed by atoms with Crippen LogP contribution in [-0.4, -0.2) is 26.1 Å². The van der Waals surface area contributed by atoms with Crippen LogP contribution in [0.4, 0.5) is 5.95 Å². The van der Waals surface area contributed by atoms with Crippen LogP contribution in [0.1, 0.15) is 5.69 Å². The molecule has 0 amide bonds. The van der Waals surface area contributed by atoms with Gasteiger partial charge < -0.3 is 9.88 Å². The lowest BCUT2D eigenvalue weighted by Gasteiger charge is -2.03. The van der Waals surface area contributed by atoms with Gasteiger partial charge in [-0.05, 0) is 19.1 Å². The third-order valence-electron chi connectivity index (χ3n) is 3.96. The van der Waals surface area contributed by atoms with Crippen LogP contribution in [0, 0.1) is 6.92 Å². The van der Waals surface area contributed by atoms with E-state index in [1.54, 1.807) is 22.7 Å². The van der Waals surface area contributed by atoms with Gasteiger partial charge in [-0.2, -0.15) is 0 Å². The fourth-order valence-electron chi connectivity index (χ4n) is 2.95. The first kappa shape index (κ1) is 13.2. The average Bonchev–Trinajstić information content (AvgIpc) is 3.28. The van der Waals surface area contributed by atoms with Crippen LogP contribution in [0.5, 0.6) is 0 Å². The number of imidazole rings is 1. The number of thiazole rings is 1. The molecule has 114 valence electrons. The average molecular weight is 339 g/mol. The van der Waals surface area contributed by atoms with E-state index in [9.17, 15) is 0 Å². The summed E-state index contributed by atoms with van der Waals surface area (Å²) in [7, 11) is 0. The molecule has 23 heavy (non-hydrogen) atoms. The van der Waals surface area contributed by atoms with Crippen LogP contribution in [0.25, 0.3) is 31.4 Å². The highest BCUT2D eigenvalue weighted by molar-refractivity contribution is 7.22. The van der Waals surface area contributed by atoms with Crippen molar-refractivity contribution in [1.82, 2.24) is 19.5 Å². The molecule has 1 N–H and O–H groups in total. The van der Waals surface area contributed by atoms with Gasteiger partial charge in [0.2, 0.25) is 5.95 Å². The van der Waals surface area contributed by atoms with Crippen molar-refractivity contribution in [1.29, 1.82) is 0 Å². The number of nitrogens with one attached hydrogen (secondary N) is 1. The van der Waals surface area contributed by atoms with Gasteiger partial charge in [0, 0.05) is 46.6 Å². The second-order valence-corrected chi connectivity index (χ2v) is 7.47. The van der Waals surface area contributed by atoms with E-state index in [0.717, 1.165) is 35.4 Å². The number of hydrogen-bond acceptors (Lipinski definition) is 6. The highest BCUT2D eigenvalue weighted by atomic mass is 32.1. The number of hydrogen-bond donors (Lipinski definition) is 1. The summed E-state index contributed by atoms with van der Waals surface area (Å²) in [4.78, 5) is 14.9. The van der Waals surface area contributed by atoms with Crippen molar-refractivity contribution < 1.29 is 0 Å². The Kier molecular flexibility index (Phi) is 2.80. The minimum absolute atomic E-state index is 0.930. The molecular weight excluding hydrogens is 326 g/mol. The Morgan fingerprint density at radius 1 is 1.30 bits per heavy atom. The van der Waals surface area contributed by atoms with Gasteiger partial charge in [0.05, 0.1) is 10.6 Å². The van der Waals surface area contributed by atoms with E-state index >= 15 is 0 Å². The Morgan fingerprint density at radius 3 is 3.09 bits per heavy atom. The number of anilines is 1. The third-order valence-corrected chi connectivity index (χ3v) is 6.05. The molecule has 0 unspecified atom stereocenters. The molecule has 7 heteroatoms. The van der Waals surface area contributed by atoms with Crippen molar-refractivity contribution in [2.75, 3.05) is 11.9 Å². The zero-order valence-corrected chi connectivity index (χ0v) is 14.0. The summed E-state index contributed by atoms with van der Waals surface area (Å²) in [5.74, 6) is 0.943. The normalized spacial score (nSPS) is 13.4. The van der Waals surface area contributed by atoms with Gasteiger partial charge in [-0.1, -0.05) is 0 Å². The second kappa shape index (κ2) is 4.87. The fraction of sp³-hybridized carbons (Fsp3) is 0.188. The Morgan fingerprint density at radius 2 is 2.26 bits per heavy atom. The molecule has 0 saturated carbocycles. The summed E-state index contributed by atoms with van der Waals surface area (Å²) in [6.07, 6.45) is 3.76. The van der Waals surface area contributed by atoms with E-state index in [-0.39, 0.29) is 0 Å². The van der Waals surface area contributed by atoms with Crippen LogP contribution in [0.15, 0.2) is 29.9 Å². The molecule has 4 aromatic heterocycles. The maximum absolute atomic E-state index is 4.81. The van der Waals surface area contributed by atoms with Crippen LogP contribution in [0.3, 0.4) is 0 Å². The van der Waals surface area contributed by atoms with Gasteiger partial charge in [-0.15, -0.1) is 22.7 Å². The predicted octanol–water partition coefficient (Wildman–Crippen LogP) is 4.02. The van der Waals surface area contributed by atoms with Gasteiger partial charge in [0.25, 0.3) is 0 Å². The van der Waals surface area contributed by atoms with Crippen molar-refractivity contribution in [2.24, 2.45) is 0 Å². The summed E-state index contributed by atoms with van der Waals surface area (Å²) in [6.45, 7) is 3.89. The number of nitrogens with zero attached hydrogens (tertiary/aromatic N) is 4. The molecular formula is C16H13N5S2. The number of thiophene rings is 1. The molecule has 0 fully saturated rings. The van der Waals surface area contributed by atoms with Gasteiger partial charge in [-0.25, -0.2) is 9.97 Å². The maximum atomic E-state index is 4.81. The Balaban J connectivity index is 1.77. The van der Waals surface area contributed by atoms with E-state index in [1.807, 2.05) is 19.3 Å². The van der Waals surface area contributed by atoms with Gasteiger partial charge in [0.15, 0.2) is 0 Å². The smallest absolute Gasteiger partial charge is 0.204 e. The molecule has 0 saturated heterocycles. The second-order valence-electron chi connectivity index (χ2n) is 5.53. The van der Waals surface area contributed by atoms with Gasteiger partial charge >= 0.3 is 0 Å². The number of aromatic nitrogens is 4. The maximum Gasteiger partial charge on any atom is 0.204 e. The molecule has 4 aromatic rings. The van der Waals surface area contributed by atoms with Crippen molar-refractivity contribution in [3.63, 3.8) is 0 Å². The molecule has 5 rings (SSSR count). The summed E-state index contributed by atoms with van der Waals surface area (Å²) in [5.41, 5.74) is 3.18. The van der Waals surface area contributed by atoms with E-state index in [4.69, 9.17) is 4.98 Å². The van der Waals surface area contributed by atoms with Crippen molar-refractivity contribution in [2.45, 2.75) is 13.5 Å². The quantitative estimate of drug-likeness (QED) is 0.599. The minimum Gasteiger partial charge on any atom is -0.354 e. The van der Waals surface area contributed by atoms with Crippen LogP contribution in [0.2, 0.25) is 0 Å². The Labute approximate surface area is 140 Å². The summed E-state index contributed by atoms with van der Waals surface area (Å²) in [5, 5.41) is 7.60. The molecule has 5 heterocycles. The largest absolute Gasteiger partial charge is 0.354 e. The molecule has 0 aliphatic carbocycles. The highest BCUT2D eigenvalue weighted by Gasteiger charge is 2.25. The van der Waals surface area contributed by atoms with Gasteiger partial charge in [-0.3, -0.25) is 4.98 Å². The fourth-order valence-corrected chi connectivity index (χ4v) is 4.82. The number of aryl methyl sites for hydroxylation is 1. The Hall–Kier alpha value is -2.25. The molecule has 0 atom stereocenters. The third kappa shape index (κ3) is 2.00. The van der Waals surface area contributed by atoms with E-state index in [0.29, 0.717) is 0 Å². The molecule has 1 aliphatic heterocycles. The molecule has 0 aromatic carbocycles. The van der Waals surface area contributed by atoms with E-state index < -0.39 is 0 Å². The zero-order chi connectivity index (χ0) is 15.4. The van der Waals surface area contributed by atoms with Crippen molar-refractivity contribution in [3.05, 3.63) is 35.6 Å². The highest BCUT2D eigenvalue weighted by Crippen LogP contribution is 2.41.